The van der Waals surface area contributed by atoms with Crippen LogP contribution in [0.4, 0.5) is 0 Å². The fraction of sp³-hybridized carbons (Fsp3) is 0.409. The van der Waals surface area contributed by atoms with Crippen molar-refractivity contribution in [1.82, 2.24) is 15.1 Å². The summed E-state index contributed by atoms with van der Waals surface area (Å²) >= 11 is 5.99. The number of hydrogen-bond donors (Lipinski definition) is 1. The third kappa shape index (κ3) is 6.65. The highest BCUT2D eigenvalue weighted by Gasteiger charge is 2.20. The summed E-state index contributed by atoms with van der Waals surface area (Å²) in [6.07, 6.45) is 1.49. The van der Waals surface area contributed by atoms with E-state index in [4.69, 9.17) is 11.6 Å². The Morgan fingerprint density at radius 3 is 2.41 bits per heavy atom. The lowest BCUT2D eigenvalue weighted by Gasteiger charge is -2.34. The monoisotopic (exact) mass is 385 g/mol. The number of benzene rings is 2. The quantitative estimate of drug-likeness (QED) is 0.709. The molecular weight excluding hydrogens is 358 g/mol. The second-order valence-electron chi connectivity index (χ2n) is 7.02. The molecule has 0 aliphatic carbocycles. The number of carbonyl (C=O) groups excluding carboxylic acids is 1. The van der Waals surface area contributed by atoms with Gasteiger partial charge in [-0.05, 0) is 36.2 Å². The minimum absolute atomic E-state index is 0.254. The van der Waals surface area contributed by atoms with Crippen molar-refractivity contribution in [2.45, 2.75) is 19.4 Å². The van der Waals surface area contributed by atoms with E-state index in [0.717, 1.165) is 57.3 Å². The fourth-order valence-corrected chi connectivity index (χ4v) is 3.61. The minimum atomic E-state index is 0.254. The molecule has 4 nitrogen and oxygen atoms in total. The van der Waals surface area contributed by atoms with Crippen LogP contribution in [0.2, 0.25) is 5.02 Å². The zero-order chi connectivity index (χ0) is 18.9. The Morgan fingerprint density at radius 2 is 1.67 bits per heavy atom. The van der Waals surface area contributed by atoms with E-state index in [1.165, 1.54) is 11.1 Å². The van der Waals surface area contributed by atoms with Gasteiger partial charge < -0.3 is 10.2 Å². The minimum Gasteiger partial charge on any atom is -0.340 e. The molecule has 27 heavy (non-hydrogen) atoms. The number of nitrogens with one attached hydrogen (secondary N) is 1. The molecule has 2 aromatic carbocycles. The van der Waals surface area contributed by atoms with Crippen molar-refractivity contribution >= 4 is 17.5 Å². The van der Waals surface area contributed by atoms with E-state index in [9.17, 15) is 4.79 Å². The summed E-state index contributed by atoms with van der Waals surface area (Å²) < 4.78 is 0. The lowest BCUT2D eigenvalue weighted by molar-refractivity contribution is -0.132. The zero-order valence-corrected chi connectivity index (χ0v) is 16.5. The van der Waals surface area contributed by atoms with Gasteiger partial charge in [-0.25, -0.2) is 0 Å². The standard InChI is InChI=1S/C22H28ClN3O/c23-21-8-4-7-19(17-21)9-11-24-12-10-22(27)26-15-13-25(14-16-26)18-20-5-2-1-3-6-20/h1-8,17,24H,9-16,18H2. The third-order valence-electron chi connectivity index (χ3n) is 4.97. The molecule has 0 atom stereocenters. The van der Waals surface area contributed by atoms with Crippen molar-refractivity contribution in [3.05, 3.63) is 70.7 Å². The highest BCUT2D eigenvalue weighted by molar-refractivity contribution is 6.30. The molecule has 1 fully saturated rings. The van der Waals surface area contributed by atoms with Crippen LogP contribution in [0.1, 0.15) is 17.5 Å². The maximum atomic E-state index is 12.4. The fourth-order valence-electron chi connectivity index (χ4n) is 3.40. The first-order valence-electron chi connectivity index (χ1n) is 9.70. The highest BCUT2D eigenvalue weighted by Crippen LogP contribution is 2.11. The van der Waals surface area contributed by atoms with Crippen LogP contribution in [0, 0.1) is 0 Å². The van der Waals surface area contributed by atoms with E-state index in [0.29, 0.717) is 6.42 Å². The number of nitrogens with zero attached hydrogens (tertiary/aromatic N) is 2. The van der Waals surface area contributed by atoms with Crippen molar-refractivity contribution in [3.8, 4) is 0 Å². The molecule has 0 aromatic heterocycles. The van der Waals surface area contributed by atoms with Crippen LogP contribution < -0.4 is 5.32 Å². The van der Waals surface area contributed by atoms with E-state index in [1.54, 1.807) is 0 Å². The van der Waals surface area contributed by atoms with Gasteiger partial charge in [-0.2, -0.15) is 0 Å². The number of carbonyl (C=O) groups is 1. The average molecular weight is 386 g/mol. The van der Waals surface area contributed by atoms with Gasteiger partial charge >= 0.3 is 0 Å². The summed E-state index contributed by atoms with van der Waals surface area (Å²) in [6.45, 7) is 6.10. The van der Waals surface area contributed by atoms with Crippen LogP contribution in [-0.2, 0) is 17.8 Å². The van der Waals surface area contributed by atoms with Crippen molar-refractivity contribution in [2.75, 3.05) is 39.3 Å². The molecule has 3 rings (SSSR count). The van der Waals surface area contributed by atoms with Crippen molar-refractivity contribution in [2.24, 2.45) is 0 Å². The van der Waals surface area contributed by atoms with Gasteiger partial charge in [-0.1, -0.05) is 54.1 Å². The topological polar surface area (TPSA) is 35.6 Å². The SMILES string of the molecule is O=C(CCNCCc1cccc(Cl)c1)N1CCN(Cc2ccccc2)CC1. The van der Waals surface area contributed by atoms with Crippen LogP contribution in [0.15, 0.2) is 54.6 Å². The second-order valence-corrected chi connectivity index (χ2v) is 7.46. The lowest BCUT2D eigenvalue weighted by atomic mass is 10.1. The first-order valence-corrected chi connectivity index (χ1v) is 10.1. The first-order chi connectivity index (χ1) is 13.2. The summed E-state index contributed by atoms with van der Waals surface area (Å²) in [7, 11) is 0. The molecule has 144 valence electrons. The van der Waals surface area contributed by atoms with E-state index in [-0.39, 0.29) is 5.91 Å². The lowest BCUT2D eigenvalue weighted by Crippen LogP contribution is -2.48. The van der Waals surface area contributed by atoms with E-state index in [2.05, 4.69) is 40.5 Å². The molecule has 1 saturated heterocycles. The number of amides is 1. The van der Waals surface area contributed by atoms with Gasteiger partial charge in [0.15, 0.2) is 0 Å². The van der Waals surface area contributed by atoms with Gasteiger partial charge in [-0.3, -0.25) is 9.69 Å². The maximum Gasteiger partial charge on any atom is 0.223 e. The van der Waals surface area contributed by atoms with Crippen LogP contribution in [-0.4, -0.2) is 55.0 Å². The molecular formula is C22H28ClN3O. The summed E-state index contributed by atoms with van der Waals surface area (Å²) in [5, 5.41) is 4.14. The molecule has 1 N–H and O–H groups in total. The van der Waals surface area contributed by atoms with Gasteiger partial charge in [0.05, 0.1) is 0 Å². The van der Waals surface area contributed by atoms with Gasteiger partial charge in [-0.15, -0.1) is 0 Å². The normalized spacial score (nSPS) is 15.1. The molecule has 5 heteroatoms. The van der Waals surface area contributed by atoms with E-state index < -0.39 is 0 Å². The Labute approximate surface area is 167 Å². The van der Waals surface area contributed by atoms with E-state index >= 15 is 0 Å². The second kappa shape index (κ2) is 10.5. The molecule has 1 aliphatic heterocycles. The molecule has 0 unspecified atom stereocenters. The van der Waals surface area contributed by atoms with Crippen LogP contribution in [0.5, 0.6) is 0 Å². The molecule has 0 saturated carbocycles. The summed E-state index contributed by atoms with van der Waals surface area (Å²) in [5.41, 5.74) is 2.55. The Morgan fingerprint density at radius 1 is 0.926 bits per heavy atom. The van der Waals surface area contributed by atoms with Crippen LogP contribution in [0.25, 0.3) is 0 Å². The average Bonchev–Trinajstić information content (AvgIpc) is 2.69. The van der Waals surface area contributed by atoms with Crippen molar-refractivity contribution < 1.29 is 4.79 Å². The summed E-state index contributed by atoms with van der Waals surface area (Å²) in [6, 6.07) is 18.4. The Kier molecular flexibility index (Phi) is 7.69. The van der Waals surface area contributed by atoms with Gasteiger partial charge in [0.1, 0.15) is 0 Å². The molecule has 0 radical (unpaired) electrons. The van der Waals surface area contributed by atoms with Crippen LogP contribution >= 0.6 is 11.6 Å². The molecule has 0 bridgehead atoms. The number of rotatable bonds is 8. The Balaban J connectivity index is 1.29. The van der Waals surface area contributed by atoms with Gasteiger partial charge in [0, 0.05) is 50.7 Å². The molecule has 1 aliphatic rings. The van der Waals surface area contributed by atoms with E-state index in [1.807, 2.05) is 29.2 Å². The zero-order valence-electron chi connectivity index (χ0n) is 15.7. The van der Waals surface area contributed by atoms with Crippen LogP contribution in [0.3, 0.4) is 0 Å². The molecule has 0 spiro atoms. The molecule has 1 heterocycles. The van der Waals surface area contributed by atoms with Gasteiger partial charge in [0.25, 0.3) is 0 Å². The number of hydrogen-bond acceptors (Lipinski definition) is 3. The third-order valence-corrected chi connectivity index (χ3v) is 5.20. The maximum absolute atomic E-state index is 12.4. The first kappa shape index (κ1) is 19.9. The summed E-state index contributed by atoms with van der Waals surface area (Å²) in [5.74, 6) is 0.254. The Bertz CT molecular complexity index is 715. The predicted octanol–water partition coefficient (Wildman–Crippen LogP) is 3.21. The molecule has 1 amide bonds. The number of piperazine rings is 1. The van der Waals surface area contributed by atoms with Crippen molar-refractivity contribution in [3.63, 3.8) is 0 Å². The number of halogens is 1. The smallest absolute Gasteiger partial charge is 0.223 e. The molecule has 2 aromatic rings. The largest absolute Gasteiger partial charge is 0.340 e. The predicted molar refractivity (Wildman–Crippen MR) is 111 cm³/mol. The van der Waals surface area contributed by atoms with Crippen molar-refractivity contribution in [1.29, 1.82) is 0 Å². The summed E-state index contributed by atoms with van der Waals surface area (Å²) in [4.78, 5) is 16.8. The highest BCUT2D eigenvalue weighted by atomic mass is 35.5. The van der Waals surface area contributed by atoms with Gasteiger partial charge in [0.2, 0.25) is 5.91 Å². The Hall–Kier alpha value is -1.88.